The zero-order valence-corrected chi connectivity index (χ0v) is 15.6. The normalized spacial score (nSPS) is 23.4. The van der Waals surface area contributed by atoms with Gasteiger partial charge >= 0.3 is 0 Å². The Balaban J connectivity index is 1.35. The third kappa shape index (κ3) is 5.19. The second-order valence-electron chi connectivity index (χ2n) is 6.67. The van der Waals surface area contributed by atoms with Crippen molar-refractivity contribution in [1.29, 1.82) is 0 Å². The molecule has 2 fully saturated rings. The van der Waals surface area contributed by atoms with Crippen LogP contribution >= 0.6 is 24.0 Å². The van der Waals surface area contributed by atoms with Gasteiger partial charge in [-0.15, -0.1) is 0 Å². The van der Waals surface area contributed by atoms with Gasteiger partial charge in [-0.25, -0.2) is 0 Å². The van der Waals surface area contributed by atoms with Crippen molar-refractivity contribution >= 4 is 34.2 Å². The van der Waals surface area contributed by atoms with E-state index in [9.17, 15) is 4.79 Å². The van der Waals surface area contributed by atoms with Crippen LogP contribution in [-0.4, -0.2) is 53.1 Å². The number of nitrogens with zero attached hydrogens (tertiary/aromatic N) is 1. The summed E-state index contributed by atoms with van der Waals surface area (Å²) in [5, 5.41) is 3.18. The van der Waals surface area contributed by atoms with Gasteiger partial charge in [-0.3, -0.25) is 4.79 Å². The molecule has 24 heavy (non-hydrogen) atoms. The molecular weight excluding hydrogens is 338 g/mol. The maximum absolute atomic E-state index is 12.2. The molecule has 2 saturated heterocycles. The van der Waals surface area contributed by atoms with Crippen LogP contribution in [0.25, 0.3) is 0 Å². The maximum atomic E-state index is 12.2. The molecular formula is C18H26N3OS2+. The van der Waals surface area contributed by atoms with Gasteiger partial charge in [0.2, 0.25) is 5.91 Å². The van der Waals surface area contributed by atoms with E-state index in [1.807, 2.05) is 0 Å². The Morgan fingerprint density at radius 3 is 2.79 bits per heavy atom. The van der Waals surface area contributed by atoms with Crippen LogP contribution in [0.2, 0.25) is 0 Å². The number of hydrogen-bond acceptors (Lipinski definition) is 3. The first kappa shape index (κ1) is 17.7. The number of carbonyl (C=O) groups is 1. The molecule has 3 rings (SSSR count). The highest BCUT2D eigenvalue weighted by atomic mass is 32.2. The lowest BCUT2D eigenvalue weighted by molar-refractivity contribution is -0.901. The topological polar surface area (TPSA) is 36.8 Å². The van der Waals surface area contributed by atoms with Crippen LogP contribution in [0.4, 0.5) is 0 Å². The Morgan fingerprint density at radius 2 is 2.04 bits per heavy atom. The molecule has 1 amide bonds. The molecule has 6 heteroatoms. The predicted octanol–water partition coefficient (Wildman–Crippen LogP) is 1.07. The molecule has 1 aromatic rings. The summed E-state index contributed by atoms with van der Waals surface area (Å²) in [6, 6.07) is 10.9. The number of nitrogens with one attached hydrogen (secondary N) is 2. The second-order valence-corrected chi connectivity index (χ2v) is 8.28. The van der Waals surface area contributed by atoms with E-state index in [-0.39, 0.29) is 5.91 Å². The number of benzene rings is 1. The zero-order chi connectivity index (χ0) is 16.8. The fourth-order valence-electron chi connectivity index (χ4n) is 3.49. The van der Waals surface area contributed by atoms with Crippen LogP contribution in [0, 0.1) is 0 Å². The lowest BCUT2D eigenvalue weighted by Gasteiger charge is -2.18. The predicted molar refractivity (Wildman–Crippen MR) is 103 cm³/mol. The van der Waals surface area contributed by atoms with E-state index in [0.29, 0.717) is 11.8 Å². The third-order valence-corrected chi connectivity index (χ3v) is 6.26. The number of thiocarbonyl (C=S) groups is 1. The van der Waals surface area contributed by atoms with Crippen molar-refractivity contribution in [3.05, 3.63) is 35.9 Å². The highest BCUT2D eigenvalue weighted by Crippen LogP contribution is 2.16. The monoisotopic (exact) mass is 364 g/mol. The van der Waals surface area contributed by atoms with Crippen LogP contribution in [0.15, 0.2) is 30.3 Å². The Morgan fingerprint density at radius 1 is 1.29 bits per heavy atom. The second kappa shape index (κ2) is 8.83. The zero-order valence-electron chi connectivity index (χ0n) is 14.0. The number of hydrogen-bond donors (Lipinski definition) is 2. The fraction of sp³-hybridized carbons (Fsp3) is 0.556. The number of carbonyl (C=O) groups excluding carboxylic acids is 1. The summed E-state index contributed by atoms with van der Waals surface area (Å²) in [5.74, 6) is 0.562. The van der Waals surface area contributed by atoms with Gasteiger partial charge in [-0.2, -0.15) is 0 Å². The quantitative estimate of drug-likeness (QED) is 0.767. The fourth-order valence-corrected chi connectivity index (χ4v) is 4.55. The molecule has 2 aliphatic heterocycles. The molecule has 0 bridgehead atoms. The molecule has 1 unspecified atom stereocenters. The minimum absolute atomic E-state index is 0.118. The molecule has 2 N–H and O–H groups in total. The van der Waals surface area contributed by atoms with Crippen LogP contribution in [0.5, 0.6) is 0 Å². The van der Waals surface area contributed by atoms with E-state index < -0.39 is 0 Å². The van der Waals surface area contributed by atoms with Gasteiger partial charge in [0, 0.05) is 25.1 Å². The first-order valence-electron chi connectivity index (χ1n) is 8.79. The van der Waals surface area contributed by atoms with Crippen molar-refractivity contribution in [3.63, 3.8) is 0 Å². The number of amides is 1. The van der Waals surface area contributed by atoms with Crippen LogP contribution in [0.3, 0.4) is 0 Å². The molecule has 1 aromatic carbocycles. The van der Waals surface area contributed by atoms with Gasteiger partial charge in [0.05, 0.1) is 24.9 Å². The molecule has 4 nitrogen and oxygen atoms in total. The molecule has 0 saturated carbocycles. The first-order valence-corrected chi connectivity index (χ1v) is 10.2. The minimum atomic E-state index is 0.118. The molecule has 0 aromatic heterocycles. The van der Waals surface area contributed by atoms with E-state index in [0.717, 1.165) is 43.5 Å². The van der Waals surface area contributed by atoms with E-state index in [2.05, 4.69) is 40.5 Å². The van der Waals surface area contributed by atoms with Crippen molar-refractivity contribution in [3.8, 4) is 0 Å². The summed E-state index contributed by atoms with van der Waals surface area (Å²) in [6.07, 6.45) is 3.50. The summed E-state index contributed by atoms with van der Waals surface area (Å²) < 4.78 is 0.880. The van der Waals surface area contributed by atoms with Crippen molar-refractivity contribution in [2.24, 2.45) is 0 Å². The Hall–Kier alpha value is -1.11. The van der Waals surface area contributed by atoms with Gasteiger partial charge in [-0.05, 0) is 12.8 Å². The largest absolute Gasteiger partial charge is 0.358 e. The van der Waals surface area contributed by atoms with Gasteiger partial charge < -0.3 is 15.1 Å². The molecule has 0 radical (unpaired) electrons. The van der Waals surface area contributed by atoms with Crippen molar-refractivity contribution < 1.29 is 9.69 Å². The number of rotatable bonds is 5. The molecule has 0 aliphatic carbocycles. The Labute approximate surface area is 154 Å². The Kier molecular flexibility index (Phi) is 6.51. The lowest BCUT2D eigenvalue weighted by atomic mass is 10.2. The SMILES string of the molecule is O=C(CSC(=S)N1CCCC1)N[C@@H]1CC[NH+](Cc2ccccc2)C1. The maximum Gasteiger partial charge on any atom is 0.230 e. The number of quaternary nitrogens is 1. The summed E-state index contributed by atoms with van der Waals surface area (Å²) in [4.78, 5) is 15.9. The van der Waals surface area contributed by atoms with Crippen molar-refractivity contribution in [2.75, 3.05) is 31.9 Å². The molecule has 2 heterocycles. The van der Waals surface area contributed by atoms with E-state index in [1.165, 1.54) is 30.2 Å². The van der Waals surface area contributed by atoms with Gasteiger partial charge in [0.15, 0.2) is 0 Å². The van der Waals surface area contributed by atoms with E-state index in [1.54, 1.807) is 4.90 Å². The average molecular weight is 365 g/mol. The van der Waals surface area contributed by atoms with Crippen LogP contribution in [-0.2, 0) is 11.3 Å². The van der Waals surface area contributed by atoms with Gasteiger partial charge in [0.1, 0.15) is 10.9 Å². The van der Waals surface area contributed by atoms with Gasteiger partial charge in [0.25, 0.3) is 0 Å². The summed E-state index contributed by atoms with van der Waals surface area (Å²) in [5.41, 5.74) is 1.37. The summed E-state index contributed by atoms with van der Waals surface area (Å²) in [6.45, 7) is 5.28. The standard InChI is InChI=1S/C18H25N3OS2/c22-17(14-24-18(23)21-9-4-5-10-21)19-16-8-11-20(13-16)12-15-6-2-1-3-7-15/h1-3,6-7,16H,4-5,8-14H2,(H,19,22)/p+1/t16-/m1/s1. The average Bonchev–Trinajstić information content (AvgIpc) is 3.26. The van der Waals surface area contributed by atoms with E-state index in [4.69, 9.17) is 12.2 Å². The number of likely N-dealkylation sites (tertiary alicyclic amines) is 2. The highest BCUT2D eigenvalue weighted by molar-refractivity contribution is 8.23. The molecule has 2 aliphatic rings. The molecule has 2 atom stereocenters. The van der Waals surface area contributed by atoms with Crippen LogP contribution < -0.4 is 10.2 Å². The number of thioether (sulfide) groups is 1. The Bertz CT molecular complexity index is 561. The highest BCUT2D eigenvalue weighted by Gasteiger charge is 2.27. The minimum Gasteiger partial charge on any atom is -0.358 e. The lowest BCUT2D eigenvalue weighted by Crippen LogP contribution is -3.09. The smallest absolute Gasteiger partial charge is 0.230 e. The van der Waals surface area contributed by atoms with Crippen LogP contribution in [0.1, 0.15) is 24.8 Å². The van der Waals surface area contributed by atoms with Crippen molar-refractivity contribution in [2.45, 2.75) is 31.8 Å². The first-order chi connectivity index (χ1) is 11.7. The summed E-state index contributed by atoms with van der Waals surface area (Å²) >= 11 is 6.92. The van der Waals surface area contributed by atoms with Gasteiger partial charge in [-0.1, -0.05) is 54.3 Å². The van der Waals surface area contributed by atoms with Crippen molar-refractivity contribution in [1.82, 2.24) is 10.2 Å². The third-order valence-electron chi connectivity index (χ3n) is 4.73. The summed E-state index contributed by atoms with van der Waals surface area (Å²) in [7, 11) is 0. The van der Waals surface area contributed by atoms with E-state index >= 15 is 0 Å². The molecule has 0 spiro atoms. The molecule has 130 valence electrons.